The summed E-state index contributed by atoms with van der Waals surface area (Å²) in [5.74, 6) is 0.365. The number of nitrogens with zero attached hydrogens (tertiary/aromatic N) is 2. The average Bonchev–Trinajstić information content (AvgIpc) is 2.98. The molecule has 0 radical (unpaired) electrons. The summed E-state index contributed by atoms with van der Waals surface area (Å²) >= 11 is 3.26. The van der Waals surface area contributed by atoms with Gasteiger partial charge in [-0.05, 0) is 41.5 Å². The Labute approximate surface area is 168 Å². The maximum Gasteiger partial charge on any atom is 0.252 e. The Hall–Kier alpha value is -2.11. The molecule has 1 amide bonds. The number of carbonyl (C=O) groups is 1. The fourth-order valence-electron chi connectivity index (χ4n) is 2.91. The van der Waals surface area contributed by atoms with Crippen molar-refractivity contribution < 1.29 is 4.79 Å². The van der Waals surface area contributed by atoms with Gasteiger partial charge in [0.25, 0.3) is 5.91 Å². The highest BCUT2D eigenvalue weighted by atomic mass is 32.2. The van der Waals surface area contributed by atoms with Crippen molar-refractivity contribution in [3.8, 4) is 0 Å². The summed E-state index contributed by atoms with van der Waals surface area (Å²) in [6, 6.07) is 14.6. The number of carbonyl (C=O) groups excluding carboxylic acids is 1. The molecule has 0 bridgehead atoms. The van der Waals surface area contributed by atoms with Crippen LogP contribution < -0.4 is 4.80 Å². The van der Waals surface area contributed by atoms with Crippen LogP contribution in [0.3, 0.4) is 0 Å². The zero-order valence-electron chi connectivity index (χ0n) is 15.9. The van der Waals surface area contributed by atoms with E-state index < -0.39 is 0 Å². The summed E-state index contributed by atoms with van der Waals surface area (Å²) in [6.07, 6.45) is 4.21. The van der Waals surface area contributed by atoms with Gasteiger partial charge in [-0.15, -0.1) is 18.3 Å². The molecule has 1 aromatic heterocycles. The number of thiazole rings is 1. The topological polar surface area (TPSA) is 34.4 Å². The second-order valence-electron chi connectivity index (χ2n) is 6.70. The number of aromatic nitrogens is 1. The summed E-state index contributed by atoms with van der Waals surface area (Å²) in [5.41, 5.74) is 3.36. The predicted molar refractivity (Wildman–Crippen MR) is 117 cm³/mol. The molecule has 0 atom stereocenters. The maximum absolute atomic E-state index is 12.6. The molecule has 5 heteroatoms. The van der Waals surface area contributed by atoms with E-state index in [1.54, 1.807) is 23.1 Å². The van der Waals surface area contributed by atoms with Crippen LogP contribution >= 0.6 is 23.1 Å². The van der Waals surface area contributed by atoms with Crippen LogP contribution in [-0.4, -0.2) is 16.7 Å². The normalized spacial score (nSPS) is 12.1. The molecule has 3 rings (SSSR count). The zero-order valence-corrected chi connectivity index (χ0v) is 17.6. The lowest BCUT2D eigenvalue weighted by Gasteiger charge is -2.05. The first-order valence-electron chi connectivity index (χ1n) is 8.96. The Balaban J connectivity index is 1.92. The minimum Gasteiger partial charge on any atom is -0.313 e. The highest BCUT2D eigenvalue weighted by Crippen LogP contribution is 2.24. The van der Waals surface area contributed by atoms with Gasteiger partial charge in [-0.25, -0.2) is 0 Å². The number of hydrogen-bond donors (Lipinski definition) is 0. The van der Waals surface area contributed by atoms with Gasteiger partial charge in [0, 0.05) is 11.4 Å². The van der Waals surface area contributed by atoms with Crippen LogP contribution in [0.15, 0.2) is 65.0 Å². The highest BCUT2D eigenvalue weighted by molar-refractivity contribution is 7.98. The van der Waals surface area contributed by atoms with Crippen molar-refractivity contribution >= 4 is 39.2 Å². The number of hydrogen-bond acceptors (Lipinski definition) is 3. The summed E-state index contributed by atoms with van der Waals surface area (Å²) < 4.78 is 3.19. The Morgan fingerprint density at radius 3 is 2.63 bits per heavy atom. The van der Waals surface area contributed by atoms with Crippen LogP contribution in [-0.2, 0) is 17.8 Å². The fourth-order valence-corrected chi connectivity index (χ4v) is 4.52. The molecule has 3 aromatic rings. The van der Waals surface area contributed by atoms with Gasteiger partial charge in [0.2, 0.25) is 0 Å². The van der Waals surface area contributed by atoms with Crippen LogP contribution in [0.2, 0.25) is 0 Å². The molecule has 0 saturated heterocycles. The van der Waals surface area contributed by atoms with E-state index in [1.165, 1.54) is 10.5 Å². The number of rotatable bonds is 6. The van der Waals surface area contributed by atoms with Crippen molar-refractivity contribution in [2.75, 3.05) is 6.26 Å². The van der Waals surface area contributed by atoms with Gasteiger partial charge in [0.05, 0.1) is 16.6 Å². The molecule has 2 aromatic carbocycles. The predicted octanol–water partition coefficient (Wildman–Crippen LogP) is 5.40. The number of fused-ring (bicyclic) bond motifs is 1. The molecule has 0 fully saturated rings. The SMILES string of the molecule is C=CCn1c(=NC(=O)Cc2ccc(C(C)C)cc2)sc2cc(SC)ccc21. The Bertz CT molecular complexity index is 1030. The van der Waals surface area contributed by atoms with Gasteiger partial charge in [-0.3, -0.25) is 4.79 Å². The Morgan fingerprint density at radius 1 is 1.26 bits per heavy atom. The van der Waals surface area contributed by atoms with E-state index in [1.807, 2.05) is 18.2 Å². The van der Waals surface area contributed by atoms with Crippen molar-refractivity contribution in [2.45, 2.75) is 37.6 Å². The minimum atomic E-state index is -0.123. The lowest BCUT2D eigenvalue weighted by Crippen LogP contribution is -2.16. The second-order valence-corrected chi connectivity index (χ2v) is 8.58. The van der Waals surface area contributed by atoms with Gasteiger partial charge < -0.3 is 4.57 Å². The molecule has 0 N–H and O–H groups in total. The van der Waals surface area contributed by atoms with Crippen molar-refractivity contribution in [1.29, 1.82) is 0 Å². The van der Waals surface area contributed by atoms with E-state index in [0.29, 0.717) is 18.9 Å². The quantitative estimate of drug-likeness (QED) is 0.413. The third-order valence-electron chi connectivity index (χ3n) is 4.42. The molecule has 1 heterocycles. The first-order valence-corrected chi connectivity index (χ1v) is 11.0. The first-order chi connectivity index (χ1) is 13.0. The van der Waals surface area contributed by atoms with Gasteiger partial charge in [0.15, 0.2) is 4.80 Å². The molecule has 3 nitrogen and oxygen atoms in total. The number of thioether (sulfide) groups is 1. The Kier molecular flexibility index (Phi) is 6.34. The van der Waals surface area contributed by atoms with Crippen molar-refractivity contribution in [2.24, 2.45) is 4.99 Å². The van der Waals surface area contributed by atoms with Crippen LogP contribution in [0.4, 0.5) is 0 Å². The standard InChI is InChI=1S/C22H24N2OS2/c1-5-12-24-19-11-10-18(26-4)14-20(19)27-22(24)23-21(25)13-16-6-8-17(9-7-16)15(2)3/h5-11,14-15H,1,12-13H2,2-4H3. The average molecular weight is 397 g/mol. The van der Waals surface area contributed by atoms with Crippen molar-refractivity contribution in [1.82, 2.24) is 4.57 Å². The summed E-state index contributed by atoms with van der Waals surface area (Å²) in [4.78, 5) is 18.9. The smallest absolute Gasteiger partial charge is 0.252 e. The van der Waals surface area contributed by atoms with Gasteiger partial charge in [-0.2, -0.15) is 4.99 Å². The summed E-state index contributed by atoms with van der Waals surface area (Å²) in [6.45, 7) is 8.80. The number of allylic oxidation sites excluding steroid dienone is 1. The molecule has 0 spiro atoms. The van der Waals surface area contributed by atoms with Crippen molar-refractivity contribution in [3.63, 3.8) is 0 Å². The highest BCUT2D eigenvalue weighted by Gasteiger charge is 2.09. The lowest BCUT2D eigenvalue weighted by atomic mass is 10.0. The lowest BCUT2D eigenvalue weighted by molar-refractivity contribution is -0.117. The monoisotopic (exact) mass is 396 g/mol. The molecule has 140 valence electrons. The second kappa shape index (κ2) is 8.72. The van der Waals surface area contributed by atoms with Crippen LogP contribution in [0.1, 0.15) is 30.9 Å². The Morgan fingerprint density at radius 2 is 2.00 bits per heavy atom. The van der Waals surface area contributed by atoms with Gasteiger partial charge >= 0.3 is 0 Å². The molecular weight excluding hydrogens is 372 g/mol. The van der Waals surface area contributed by atoms with E-state index in [-0.39, 0.29) is 5.91 Å². The van der Waals surface area contributed by atoms with E-state index in [9.17, 15) is 4.79 Å². The molecule has 0 saturated carbocycles. The van der Waals surface area contributed by atoms with Crippen molar-refractivity contribution in [3.05, 3.63) is 71.0 Å². The van der Waals surface area contributed by atoms with E-state index in [2.05, 4.69) is 66.6 Å². The third kappa shape index (κ3) is 4.60. The number of benzene rings is 2. The molecule has 0 aliphatic rings. The molecule has 0 unspecified atom stereocenters. The first kappa shape index (κ1) is 19.6. The van der Waals surface area contributed by atoms with Crippen LogP contribution in [0.5, 0.6) is 0 Å². The maximum atomic E-state index is 12.6. The summed E-state index contributed by atoms with van der Waals surface area (Å²) in [7, 11) is 0. The largest absolute Gasteiger partial charge is 0.313 e. The van der Waals surface area contributed by atoms with E-state index in [0.717, 1.165) is 20.6 Å². The molecule has 0 aliphatic carbocycles. The minimum absolute atomic E-state index is 0.123. The van der Waals surface area contributed by atoms with E-state index in [4.69, 9.17) is 0 Å². The zero-order chi connectivity index (χ0) is 19.4. The van der Waals surface area contributed by atoms with E-state index >= 15 is 0 Å². The molecular formula is C22H24N2OS2. The fraction of sp³-hybridized carbons (Fsp3) is 0.273. The van der Waals surface area contributed by atoms with Gasteiger partial charge in [-0.1, -0.05) is 55.5 Å². The summed E-state index contributed by atoms with van der Waals surface area (Å²) in [5, 5.41) is 0. The number of amides is 1. The van der Waals surface area contributed by atoms with Crippen LogP contribution in [0, 0.1) is 0 Å². The molecule has 0 aliphatic heterocycles. The molecule has 27 heavy (non-hydrogen) atoms. The van der Waals surface area contributed by atoms with Gasteiger partial charge in [0.1, 0.15) is 0 Å². The third-order valence-corrected chi connectivity index (χ3v) is 6.19. The van der Waals surface area contributed by atoms with Crippen LogP contribution in [0.25, 0.3) is 10.2 Å².